The first-order valence-corrected chi connectivity index (χ1v) is 10.7. The van der Waals surface area contributed by atoms with Gasteiger partial charge in [0.1, 0.15) is 0 Å². The summed E-state index contributed by atoms with van der Waals surface area (Å²) in [7, 11) is 0. The van der Waals surface area contributed by atoms with Gasteiger partial charge in [-0.3, -0.25) is 0 Å². The van der Waals surface area contributed by atoms with Gasteiger partial charge in [-0.15, -0.1) is 0 Å². The Hall–Kier alpha value is -3.81. The van der Waals surface area contributed by atoms with Crippen molar-refractivity contribution >= 4 is 54.9 Å². The van der Waals surface area contributed by atoms with Crippen molar-refractivity contribution in [3.63, 3.8) is 0 Å². The lowest BCUT2D eigenvalue weighted by atomic mass is 9.87. The van der Waals surface area contributed by atoms with E-state index in [1.807, 2.05) is 0 Å². The van der Waals surface area contributed by atoms with Crippen LogP contribution < -0.4 is 0 Å². The first kappa shape index (κ1) is 7.90. The van der Waals surface area contributed by atoms with E-state index in [-0.39, 0.29) is 64.0 Å². The summed E-state index contributed by atoms with van der Waals surface area (Å²) in [4.78, 5) is -0.102. The third-order valence-electron chi connectivity index (χ3n) is 5.82. The van der Waals surface area contributed by atoms with Crippen molar-refractivity contribution < 1.29 is 24.7 Å². The van der Waals surface area contributed by atoms with Gasteiger partial charge in [-0.25, -0.2) is 0 Å². The van der Waals surface area contributed by atoms with E-state index in [1.165, 1.54) is 0 Å². The Bertz CT molecular complexity index is 2840. The molecule has 1 aliphatic heterocycles. The molecular formula is C32H18S. The van der Waals surface area contributed by atoms with Gasteiger partial charge in [0.2, 0.25) is 0 Å². The Kier molecular flexibility index (Phi) is 1.53. The molecule has 0 unspecified atom stereocenters. The molecule has 0 aromatic heterocycles. The standard InChI is InChI=1S/C32H18S/c1-2-10-28-24(7-1)26-9-4-8-25-23(17-18-29(33-28)32(25)26)22-15-13-21-12-11-19-5-3-6-20-14-16-27(22)31(21)30(19)20/h1-18H/i1D,2D,3D,4D,5D,6D,7D,8D,9D,10D,11D,12D,13D,14D,15D,16D,17D,18D. The summed E-state index contributed by atoms with van der Waals surface area (Å²) in [6.07, 6.45) is 0. The molecule has 33 heavy (non-hydrogen) atoms. The molecule has 0 amide bonds. The van der Waals surface area contributed by atoms with Crippen LogP contribution in [0.25, 0.3) is 65.3 Å². The molecule has 0 spiro atoms. The zero-order valence-electron chi connectivity index (χ0n) is 34.4. The molecule has 0 N–H and O–H groups in total. The van der Waals surface area contributed by atoms with Gasteiger partial charge in [-0.2, -0.15) is 0 Å². The van der Waals surface area contributed by atoms with Crippen molar-refractivity contribution in [3.8, 4) is 22.3 Å². The molecule has 0 fully saturated rings. The fourth-order valence-corrected chi connectivity index (χ4v) is 5.39. The van der Waals surface area contributed by atoms with Gasteiger partial charge in [0.25, 0.3) is 0 Å². The number of hydrogen-bond acceptors (Lipinski definition) is 1. The lowest BCUT2D eigenvalue weighted by Crippen LogP contribution is -1.94. The molecular weight excluding hydrogens is 416 g/mol. The average Bonchev–Trinajstić information content (AvgIpc) is 3.10. The molecule has 0 radical (unpaired) electrons. The largest absolute Gasteiger partial charge is 0.0888 e. The quantitative estimate of drug-likeness (QED) is 0.223. The summed E-state index contributed by atoms with van der Waals surface area (Å²) >= 11 is 0.735. The highest BCUT2D eigenvalue weighted by molar-refractivity contribution is 7.99. The van der Waals surface area contributed by atoms with Gasteiger partial charge in [0.15, 0.2) is 0 Å². The molecule has 1 heteroatoms. The molecule has 0 aliphatic carbocycles. The first-order valence-electron chi connectivity index (χ1n) is 18.9. The molecule has 7 aromatic carbocycles. The summed E-state index contributed by atoms with van der Waals surface area (Å²) < 4.78 is 159. The van der Waals surface area contributed by atoms with Crippen molar-refractivity contribution in [1.82, 2.24) is 0 Å². The van der Waals surface area contributed by atoms with E-state index in [4.69, 9.17) is 20.6 Å². The Morgan fingerprint density at radius 2 is 1.03 bits per heavy atom. The maximum absolute atomic E-state index is 9.28. The molecule has 1 heterocycles. The van der Waals surface area contributed by atoms with Crippen LogP contribution in [0.5, 0.6) is 0 Å². The zero-order chi connectivity index (χ0) is 37.2. The summed E-state index contributed by atoms with van der Waals surface area (Å²) in [6.45, 7) is 0. The van der Waals surface area contributed by atoms with E-state index in [0.29, 0.717) is 0 Å². The maximum Gasteiger partial charge on any atom is 0.0635 e. The highest BCUT2D eigenvalue weighted by Gasteiger charge is 2.21. The molecule has 0 bridgehead atoms. The van der Waals surface area contributed by atoms with E-state index in [1.54, 1.807) is 0 Å². The molecule has 7 aromatic rings. The average molecular weight is 453 g/mol. The van der Waals surface area contributed by atoms with Crippen LogP contribution in [-0.2, 0) is 0 Å². The van der Waals surface area contributed by atoms with Crippen LogP contribution in [0.2, 0.25) is 0 Å². The number of rotatable bonds is 1. The van der Waals surface area contributed by atoms with Crippen LogP contribution in [0.15, 0.2) is 119 Å². The Morgan fingerprint density at radius 1 is 0.394 bits per heavy atom. The summed E-state index contributed by atoms with van der Waals surface area (Å²) in [5.74, 6) is 0. The van der Waals surface area contributed by atoms with Crippen LogP contribution in [0.4, 0.5) is 0 Å². The zero-order valence-corrected chi connectivity index (χ0v) is 17.2. The smallest absolute Gasteiger partial charge is 0.0635 e. The monoisotopic (exact) mass is 452 g/mol. The molecule has 0 atom stereocenters. The minimum Gasteiger partial charge on any atom is -0.0888 e. The number of benzene rings is 7. The fourth-order valence-electron chi connectivity index (χ4n) is 4.42. The van der Waals surface area contributed by atoms with E-state index in [9.17, 15) is 4.11 Å². The minimum atomic E-state index is -0.712. The third-order valence-corrected chi connectivity index (χ3v) is 6.84. The second-order valence-corrected chi connectivity index (χ2v) is 8.53. The predicted molar refractivity (Wildman–Crippen MR) is 143 cm³/mol. The number of hydrogen-bond donors (Lipinski definition) is 0. The second kappa shape index (κ2) is 6.37. The minimum absolute atomic E-state index is 0.0499. The van der Waals surface area contributed by atoms with Gasteiger partial charge < -0.3 is 0 Å². The van der Waals surface area contributed by atoms with Gasteiger partial charge >= 0.3 is 0 Å². The van der Waals surface area contributed by atoms with E-state index >= 15 is 0 Å². The highest BCUT2D eigenvalue weighted by atomic mass is 32.2. The topological polar surface area (TPSA) is 0 Å². The van der Waals surface area contributed by atoms with Crippen LogP contribution in [0.1, 0.15) is 24.7 Å². The summed E-state index contributed by atoms with van der Waals surface area (Å²) in [5, 5.41) is -1.84. The molecule has 8 rings (SSSR count). The molecule has 0 saturated carbocycles. The van der Waals surface area contributed by atoms with Crippen molar-refractivity contribution in [3.05, 3.63) is 109 Å². The second-order valence-electron chi connectivity index (χ2n) is 7.51. The highest BCUT2D eigenvalue weighted by Crippen LogP contribution is 2.50. The normalized spacial score (nSPS) is 20.4. The van der Waals surface area contributed by atoms with Gasteiger partial charge in [-0.05, 0) is 72.0 Å². The molecule has 0 nitrogen and oxygen atoms in total. The van der Waals surface area contributed by atoms with E-state index < -0.39 is 120 Å². The van der Waals surface area contributed by atoms with Crippen LogP contribution in [0.3, 0.4) is 0 Å². The predicted octanol–water partition coefficient (Wildman–Crippen LogP) is 9.54. The van der Waals surface area contributed by atoms with Crippen molar-refractivity contribution in [2.75, 3.05) is 0 Å². The van der Waals surface area contributed by atoms with Crippen molar-refractivity contribution in [2.24, 2.45) is 0 Å². The maximum atomic E-state index is 9.28. The lowest BCUT2D eigenvalue weighted by Gasteiger charge is -2.22. The van der Waals surface area contributed by atoms with Crippen molar-refractivity contribution in [1.29, 1.82) is 0 Å². The third kappa shape index (κ3) is 2.33. The van der Waals surface area contributed by atoms with Gasteiger partial charge in [0.05, 0.1) is 24.7 Å². The molecule has 0 saturated heterocycles. The lowest BCUT2D eigenvalue weighted by molar-refractivity contribution is 1.40. The van der Waals surface area contributed by atoms with E-state index in [2.05, 4.69) is 0 Å². The molecule has 1 aliphatic rings. The first-order chi connectivity index (χ1) is 23.9. The molecule has 152 valence electrons. The summed E-state index contributed by atoms with van der Waals surface area (Å²) in [6, 6.07) is -11.0. The fraction of sp³-hybridized carbons (Fsp3) is 0. The van der Waals surface area contributed by atoms with Crippen LogP contribution in [0, 0.1) is 0 Å². The Morgan fingerprint density at radius 3 is 1.91 bits per heavy atom. The summed E-state index contributed by atoms with van der Waals surface area (Å²) in [5.41, 5.74) is -1.16. The van der Waals surface area contributed by atoms with Crippen LogP contribution >= 0.6 is 11.8 Å². The number of fused-ring (bicyclic) bond motifs is 2. The van der Waals surface area contributed by atoms with Crippen LogP contribution in [-0.4, -0.2) is 0 Å². The SMILES string of the molecule is [2H]c1c([2H])c([2H])c2c(c1[2H])Sc1c([2H])c([2H])c(-c3c([2H])c([2H])c4c([2H])c([2H])c5c([2H])c([2H])c([2H])c6c([2H])c([2H])c3c4c56)c3c([2H])c([2H])c([2H])c-2c13. The van der Waals surface area contributed by atoms with Gasteiger partial charge in [0, 0.05) is 15.2 Å². The Balaban J connectivity index is 1.71. The van der Waals surface area contributed by atoms with Gasteiger partial charge in [-0.1, -0.05) is 108 Å². The Labute approximate surface area is 221 Å². The van der Waals surface area contributed by atoms with E-state index in [0.717, 1.165) is 11.8 Å². The van der Waals surface area contributed by atoms with Crippen molar-refractivity contribution in [2.45, 2.75) is 9.79 Å².